The predicted molar refractivity (Wildman–Crippen MR) is 62.8 cm³/mol. The number of pyridine rings is 1. The van der Waals surface area contributed by atoms with E-state index in [1.165, 1.54) is 12.1 Å². The third kappa shape index (κ3) is 2.29. The van der Waals surface area contributed by atoms with Crippen molar-refractivity contribution in [2.45, 2.75) is 26.3 Å². The first-order valence-corrected chi connectivity index (χ1v) is 5.63. The molecule has 2 N–H and O–H groups in total. The first-order valence-electron chi connectivity index (χ1n) is 5.63. The fourth-order valence-electron chi connectivity index (χ4n) is 2.02. The molecule has 1 unspecified atom stereocenters. The van der Waals surface area contributed by atoms with Crippen LogP contribution in [0.3, 0.4) is 0 Å². The lowest BCUT2D eigenvalue weighted by atomic mass is 10.2. The molecule has 82 valence electrons. The van der Waals surface area contributed by atoms with Crippen molar-refractivity contribution in [3.63, 3.8) is 0 Å². The maximum atomic E-state index is 5.76. The van der Waals surface area contributed by atoms with E-state index >= 15 is 0 Å². The molecule has 2 rings (SSSR count). The molecule has 0 amide bonds. The van der Waals surface area contributed by atoms with Crippen molar-refractivity contribution >= 4 is 5.69 Å². The molecule has 3 heteroatoms. The SMILES string of the molecule is CC1CCN(c2ccc([C@@H](C)N)nc2)C1. The first kappa shape index (κ1) is 10.4. The van der Waals surface area contributed by atoms with Crippen LogP contribution in [-0.4, -0.2) is 18.1 Å². The van der Waals surface area contributed by atoms with Crippen molar-refractivity contribution in [2.24, 2.45) is 11.7 Å². The molecule has 0 spiro atoms. The minimum atomic E-state index is 0.0246. The molecule has 2 heterocycles. The third-order valence-corrected chi connectivity index (χ3v) is 3.03. The maximum absolute atomic E-state index is 5.76. The Hall–Kier alpha value is -1.09. The van der Waals surface area contributed by atoms with Crippen molar-refractivity contribution in [3.05, 3.63) is 24.0 Å². The second-order valence-corrected chi connectivity index (χ2v) is 4.57. The van der Waals surface area contributed by atoms with Gasteiger partial charge in [-0.15, -0.1) is 0 Å². The summed E-state index contributed by atoms with van der Waals surface area (Å²) in [6.45, 7) is 6.56. The summed E-state index contributed by atoms with van der Waals surface area (Å²) in [5, 5.41) is 0. The van der Waals surface area contributed by atoms with Crippen molar-refractivity contribution in [1.29, 1.82) is 0 Å². The Morgan fingerprint density at radius 3 is 2.80 bits per heavy atom. The van der Waals surface area contributed by atoms with Gasteiger partial charge in [0, 0.05) is 19.1 Å². The minimum absolute atomic E-state index is 0.0246. The van der Waals surface area contributed by atoms with Gasteiger partial charge in [-0.1, -0.05) is 6.92 Å². The first-order chi connectivity index (χ1) is 7.16. The monoisotopic (exact) mass is 205 g/mol. The van der Waals surface area contributed by atoms with Crippen LogP contribution in [0.5, 0.6) is 0 Å². The van der Waals surface area contributed by atoms with Crippen LogP contribution in [0.15, 0.2) is 18.3 Å². The van der Waals surface area contributed by atoms with E-state index in [4.69, 9.17) is 5.73 Å². The summed E-state index contributed by atoms with van der Waals surface area (Å²) in [5.74, 6) is 0.804. The predicted octanol–water partition coefficient (Wildman–Crippen LogP) is 1.95. The van der Waals surface area contributed by atoms with Gasteiger partial charge in [0.1, 0.15) is 0 Å². The minimum Gasteiger partial charge on any atom is -0.370 e. The van der Waals surface area contributed by atoms with Crippen LogP contribution >= 0.6 is 0 Å². The number of hydrogen-bond acceptors (Lipinski definition) is 3. The molecule has 1 aliphatic heterocycles. The van der Waals surface area contributed by atoms with Crippen LogP contribution in [0.2, 0.25) is 0 Å². The third-order valence-electron chi connectivity index (χ3n) is 3.03. The molecular formula is C12H19N3. The zero-order valence-electron chi connectivity index (χ0n) is 9.48. The lowest BCUT2D eigenvalue weighted by Crippen LogP contribution is -2.19. The molecule has 1 fully saturated rings. The lowest BCUT2D eigenvalue weighted by Gasteiger charge is -2.18. The molecule has 0 saturated carbocycles. The molecule has 1 saturated heterocycles. The summed E-state index contributed by atoms with van der Waals surface area (Å²) in [5.41, 5.74) is 7.95. The number of aromatic nitrogens is 1. The molecule has 15 heavy (non-hydrogen) atoms. The highest BCUT2D eigenvalue weighted by Crippen LogP contribution is 2.23. The second-order valence-electron chi connectivity index (χ2n) is 4.57. The van der Waals surface area contributed by atoms with E-state index in [-0.39, 0.29) is 6.04 Å². The van der Waals surface area contributed by atoms with Gasteiger partial charge >= 0.3 is 0 Å². The fraction of sp³-hybridized carbons (Fsp3) is 0.583. The number of anilines is 1. The molecule has 0 bridgehead atoms. The standard InChI is InChI=1S/C12H19N3/c1-9-5-6-15(8-9)11-3-4-12(10(2)13)14-7-11/h3-4,7,9-10H,5-6,8,13H2,1-2H3/t9?,10-/m1/s1. The van der Waals surface area contributed by atoms with E-state index in [1.54, 1.807) is 0 Å². The van der Waals surface area contributed by atoms with Crippen LogP contribution in [0.4, 0.5) is 5.69 Å². The molecule has 3 nitrogen and oxygen atoms in total. The average molecular weight is 205 g/mol. The van der Waals surface area contributed by atoms with Gasteiger partial charge in [0.15, 0.2) is 0 Å². The Morgan fingerprint density at radius 2 is 2.33 bits per heavy atom. The highest BCUT2D eigenvalue weighted by molar-refractivity contribution is 5.45. The highest BCUT2D eigenvalue weighted by Gasteiger charge is 2.18. The van der Waals surface area contributed by atoms with Gasteiger partial charge in [-0.05, 0) is 31.4 Å². The van der Waals surface area contributed by atoms with Crippen LogP contribution in [0.1, 0.15) is 32.0 Å². The molecule has 1 aromatic heterocycles. The van der Waals surface area contributed by atoms with E-state index in [2.05, 4.69) is 22.9 Å². The van der Waals surface area contributed by atoms with Crippen molar-refractivity contribution in [3.8, 4) is 0 Å². The zero-order valence-corrected chi connectivity index (χ0v) is 9.48. The van der Waals surface area contributed by atoms with Gasteiger partial charge < -0.3 is 10.6 Å². The van der Waals surface area contributed by atoms with Crippen LogP contribution < -0.4 is 10.6 Å². The van der Waals surface area contributed by atoms with Crippen LogP contribution in [0, 0.1) is 5.92 Å². The Bertz CT molecular complexity index is 318. The van der Waals surface area contributed by atoms with Gasteiger partial charge in [0.25, 0.3) is 0 Å². The second kappa shape index (κ2) is 4.19. The van der Waals surface area contributed by atoms with E-state index in [1.807, 2.05) is 19.2 Å². The topological polar surface area (TPSA) is 42.1 Å². The quantitative estimate of drug-likeness (QED) is 0.802. The molecular weight excluding hydrogens is 186 g/mol. The van der Waals surface area contributed by atoms with E-state index in [0.29, 0.717) is 0 Å². The zero-order chi connectivity index (χ0) is 10.8. The van der Waals surface area contributed by atoms with Crippen molar-refractivity contribution in [2.75, 3.05) is 18.0 Å². The smallest absolute Gasteiger partial charge is 0.0569 e. The Morgan fingerprint density at radius 1 is 1.53 bits per heavy atom. The number of nitrogens with zero attached hydrogens (tertiary/aromatic N) is 2. The Kier molecular flexibility index (Phi) is 2.91. The molecule has 0 radical (unpaired) electrons. The number of rotatable bonds is 2. The fourth-order valence-corrected chi connectivity index (χ4v) is 2.02. The van der Waals surface area contributed by atoms with Gasteiger partial charge in [-0.3, -0.25) is 4.98 Å². The lowest BCUT2D eigenvalue weighted by molar-refractivity contribution is 0.659. The summed E-state index contributed by atoms with van der Waals surface area (Å²) >= 11 is 0. The van der Waals surface area contributed by atoms with E-state index in [9.17, 15) is 0 Å². The highest BCUT2D eigenvalue weighted by atomic mass is 15.2. The van der Waals surface area contributed by atoms with Gasteiger partial charge in [-0.25, -0.2) is 0 Å². The largest absolute Gasteiger partial charge is 0.370 e. The Labute approximate surface area is 91.3 Å². The molecule has 0 aliphatic carbocycles. The molecule has 0 aromatic carbocycles. The van der Waals surface area contributed by atoms with E-state index < -0.39 is 0 Å². The molecule has 1 aromatic rings. The summed E-state index contributed by atoms with van der Waals surface area (Å²) in [4.78, 5) is 6.77. The van der Waals surface area contributed by atoms with Crippen LogP contribution in [-0.2, 0) is 0 Å². The van der Waals surface area contributed by atoms with Gasteiger partial charge in [0.2, 0.25) is 0 Å². The van der Waals surface area contributed by atoms with Gasteiger partial charge in [0.05, 0.1) is 17.6 Å². The molecule has 1 aliphatic rings. The van der Waals surface area contributed by atoms with Crippen molar-refractivity contribution < 1.29 is 0 Å². The van der Waals surface area contributed by atoms with Crippen molar-refractivity contribution in [1.82, 2.24) is 4.98 Å². The summed E-state index contributed by atoms with van der Waals surface area (Å²) < 4.78 is 0. The summed E-state index contributed by atoms with van der Waals surface area (Å²) in [7, 11) is 0. The summed E-state index contributed by atoms with van der Waals surface area (Å²) in [6.07, 6.45) is 3.23. The van der Waals surface area contributed by atoms with Gasteiger partial charge in [-0.2, -0.15) is 0 Å². The van der Waals surface area contributed by atoms with Crippen LogP contribution in [0.25, 0.3) is 0 Å². The summed E-state index contributed by atoms with van der Waals surface area (Å²) in [6, 6.07) is 4.18. The average Bonchev–Trinajstić information content (AvgIpc) is 2.65. The normalized spacial score (nSPS) is 23.1. The number of hydrogen-bond donors (Lipinski definition) is 1. The Balaban J connectivity index is 2.10. The number of nitrogens with two attached hydrogens (primary N) is 1. The maximum Gasteiger partial charge on any atom is 0.0569 e. The molecule has 2 atom stereocenters. The van der Waals surface area contributed by atoms with E-state index in [0.717, 1.165) is 24.7 Å².